The van der Waals surface area contributed by atoms with Gasteiger partial charge in [0.1, 0.15) is 0 Å². The number of hydrogen-bond acceptors (Lipinski definition) is 5. The Morgan fingerprint density at radius 3 is 2.41 bits per heavy atom. The highest BCUT2D eigenvalue weighted by molar-refractivity contribution is 7.91. The van der Waals surface area contributed by atoms with Gasteiger partial charge in [-0.05, 0) is 37.6 Å². The van der Waals surface area contributed by atoms with E-state index in [4.69, 9.17) is 0 Å². The van der Waals surface area contributed by atoms with Crippen LogP contribution >= 0.6 is 0 Å². The van der Waals surface area contributed by atoms with Crippen LogP contribution in [0.4, 0.5) is 0 Å². The van der Waals surface area contributed by atoms with Crippen molar-refractivity contribution in [1.29, 1.82) is 0 Å². The molecule has 0 saturated carbocycles. The van der Waals surface area contributed by atoms with Gasteiger partial charge in [0.25, 0.3) is 5.16 Å². The van der Waals surface area contributed by atoms with Crippen molar-refractivity contribution < 1.29 is 8.42 Å². The van der Waals surface area contributed by atoms with E-state index in [-0.39, 0.29) is 10.9 Å². The first-order valence-corrected chi connectivity index (χ1v) is 7.46. The normalized spacial score (nSPS) is 12.9. The summed E-state index contributed by atoms with van der Waals surface area (Å²) in [5.74, 6) is 0.108. The SMILES string of the molecule is CCCCCS(=O)(=O)c1nnnn1C(C)(C)C. The largest absolute Gasteiger partial charge is 0.268 e. The minimum absolute atomic E-state index is 0.0268. The Bertz CT molecular complexity index is 459. The van der Waals surface area contributed by atoms with Crippen LogP contribution in [0.15, 0.2) is 5.16 Å². The summed E-state index contributed by atoms with van der Waals surface area (Å²) >= 11 is 0. The van der Waals surface area contributed by atoms with Gasteiger partial charge in [0, 0.05) is 0 Å². The molecule has 0 atom stereocenters. The molecule has 0 aliphatic heterocycles. The predicted molar refractivity (Wildman–Crippen MR) is 64.4 cm³/mol. The van der Waals surface area contributed by atoms with E-state index in [0.717, 1.165) is 12.8 Å². The Labute approximate surface area is 102 Å². The molecule has 0 saturated heterocycles. The molecule has 98 valence electrons. The van der Waals surface area contributed by atoms with E-state index in [1.807, 2.05) is 27.7 Å². The molecule has 0 aliphatic rings. The van der Waals surface area contributed by atoms with Crippen LogP contribution in [-0.2, 0) is 15.4 Å². The smallest absolute Gasteiger partial charge is 0.220 e. The molecule has 0 aliphatic carbocycles. The molecule has 0 N–H and O–H groups in total. The van der Waals surface area contributed by atoms with Crippen LogP contribution in [0.3, 0.4) is 0 Å². The summed E-state index contributed by atoms with van der Waals surface area (Å²) in [6.45, 7) is 7.64. The van der Waals surface area contributed by atoms with Gasteiger partial charge < -0.3 is 0 Å². The summed E-state index contributed by atoms with van der Waals surface area (Å²) in [6.07, 6.45) is 2.53. The van der Waals surface area contributed by atoms with Gasteiger partial charge in [-0.15, -0.1) is 0 Å². The molecule has 7 heteroatoms. The van der Waals surface area contributed by atoms with Gasteiger partial charge in [0.15, 0.2) is 0 Å². The van der Waals surface area contributed by atoms with Crippen molar-refractivity contribution >= 4 is 9.84 Å². The first-order valence-electron chi connectivity index (χ1n) is 5.80. The second-order valence-electron chi connectivity index (χ2n) is 5.07. The maximum absolute atomic E-state index is 12.1. The zero-order valence-electron chi connectivity index (χ0n) is 10.8. The van der Waals surface area contributed by atoms with E-state index in [0.29, 0.717) is 6.42 Å². The molecule has 0 fully saturated rings. The molecule has 0 spiro atoms. The number of unbranched alkanes of at least 4 members (excludes halogenated alkanes) is 2. The highest BCUT2D eigenvalue weighted by Gasteiger charge is 2.28. The second-order valence-corrected chi connectivity index (χ2v) is 7.07. The number of aromatic nitrogens is 4. The van der Waals surface area contributed by atoms with Crippen LogP contribution in [0.25, 0.3) is 0 Å². The van der Waals surface area contributed by atoms with Gasteiger partial charge in [-0.1, -0.05) is 24.9 Å². The summed E-state index contributed by atoms with van der Waals surface area (Å²) in [5, 5.41) is 10.8. The van der Waals surface area contributed by atoms with E-state index in [9.17, 15) is 8.42 Å². The first kappa shape index (κ1) is 14.1. The van der Waals surface area contributed by atoms with E-state index in [1.165, 1.54) is 4.68 Å². The number of rotatable bonds is 5. The van der Waals surface area contributed by atoms with Crippen molar-refractivity contribution in [1.82, 2.24) is 20.2 Å². The van der Waals surface area contributed by atoms with Crippen molar-refractivity contribution in [2.45, 2.75) is 57.7 Å². The molecule has 6 nitrogen and oxygen atoms in total. The molecule has 0 radical (unpaired) electrons. The van der Waals surface area contributed by atoms with Crippen LogP contribution in [0.5, 0.6) is 0 Å². The highest BCUT2D eigenvalue weighted by atomic mass is 32.2. The fourth-order valence-electron chi connectivity index (χ4n) is 1.43. The molecule has 0 unspecified atom stereocenters. The summed E-state index contributed by atoms with van der Waals surface area (Å²) in [5.41, 5.74) is -0.434. The van der Waals surface area contributed by atoms with Gasteiger partial charge in [-0.3, -0.25) is 0 Å². The molecule has 1 heterocycles. The summed E-state index contributed by atoms with van der Waals surface area (Å²) in [6, 6.07) is 0. The average molecular weight is 260 g/mol. The van der Waals surface area contributed by atoms with Crippen LogP contribution < -0.4 is 0 Å². The minimum Gasteiger partial charge on any atom is -0.220 e. The maximum atomic E-state index is 12.1. The van der Waals surface area contributed by atoms with E-state index in [1.54, 1.807) is 0 Å². The molecule has 1 aromatic heterocycles. The summed E-state index contributed by atoms with van der Waals surface area (Å²) < 4.78 is 25.5. The van der Waals surface area contributed by atoms with Crippen molar-refractivity contribution in [2.24, 2.45) is 0 Å². The Morgan fingerprint density at radius 1 is 1.24 bits per heavy atom. The molecule has 1 rings (SSSR count). The van der Waals surface area contributed by atoms with E-state index >= 15 is 0 Å². The summed E-state index contributed by atoms with van der Waals surface area (Å²) in [7, 11) is -3.38. The third-order valence-corrected chi connectivity index (χ3v) is 4.01. The lowest BCUT2D eigenvalue weighted by molar-refractivity contribution is 0.317. The Kier molecular flexibility index (Phi) is 4.24. The zero-order valence-corrected chi connectivity index (χ0v) is 11.7. The van der Waals surface area contributed by atoms with Crippen molar-refractivity contribution in [2.75, 3.05) is 5.75 Å². The summed E-state index contributed by atoms with van der Waals surface area (Å²) in [4.78, 5) is 0. The molecular weight excluding hydrogens is 240 g/mol. The van der Waals surface area contributed by atoms with Gasteiger partial charge >= 0.3 is 0 Å². The first-order chi connectivity index (χ1) is 7.79. The average Bonchev–Trinajstić information content (AvgIpc) is 2.66. The topological polar surface area (TPSA) is 77.7 Å². The van der Waals surface area contributed by atoms with Crippen molar-refractivity contribution in [3.63, 3.8) is 0 Å². The molecular formula is C10H20N4O2S. The molecule has 17 heavy (non-hydrogen) atoms. The minimum atomic E-state index is -3.38. The third kappa shape index (κ3) is 3.49. The fourth-order valence-corrected chi connectivity index (χ4v) is 2.93. The van der Waals surface area contributed by atoms with Gasteiger partial charge in [0.2, 0.25) is 9.84 Å². The Hall–Kier alpha value is -0.980. The predicted octanol–water partition coefficient (Wildman–Crippen LogP) is 1.39. The lowest BCUT2D eigenvalue weighted by atomic mass is 10.1. The number of tetrazole rings is 1. The number of hydrogen-bond donors (Lipinski definition) is 0. The van der Waals surface area contributed by atoms with E-state index < -0.39 is 15.4 Å². The van der Waals surface area contributed by atoms with Crippen LogP contribution in [0.2, 0.25) is 0 Å². The maximum Gasteiger partial charge on any atom is 0.268 e. The Balaban J connectivity index is 2.96. The zero-order chi connectivity index (χ0) is 13.1. The Morgan fingerprint density at radius 2 is 1.88 bits per heavy atom. The third-order valence-electron chi connectivity index (χ3n) is 2.37. The van der Waals surface area contributed by atoms with Crippen LogP contribution in [0, 0.1) is 0 Å². The molecule has 1 aromatic rings. The van der Waals surface area contributed by atoms with Gasteiger partial charge in [-0.25, -0.2) is 13.1 Å². The monoisotopic (exact) mass is 260 g/mol. The lowest BCUT2D eigenvalue weighted by Crippen LogP contribution is -2.28. The number of sulfone groups is 1. The van der Waals surface area contributed by atoms with Crippen LogP contribution in [0.1, 0.15) is 47.0 Å². The van der Waals surface area contributed by atoms with Crippen molar-refractivity contribution in [3.05, 3.63) is 0 Å². The molecule has 0 amide bonds. The van der Waals surface area contributed by atoms with E-state index in [2.05, 4.69) is 15.5 Å². The second kappa shape index (κ2) is 5.12. The lowest BCUT2D eigenvalue weighted by Gasteiger charge is -2.19. The van der Waals surface area contributed by atoms with Gasteiger partial charge in [-0.2, -0.15) is 0 Å². The quantitative estimate of drug-likeness (QED) is 0.748. The van der Waals surface area contributed by atoms with Crippen molar-refractivity contribution in [3.8, 4) is 0 Å². The van der Waals surface area contributed by atoms with Gasteiger partial charge in [0.05, 0.1) is 11.3 Å². The molecule has 0 bridgehead atoms. The van der Waals surface area contributed by atoms with Crippen LogP contribution in [-0.4, -0.2) is 34.4 Å². The standard InChI is InChI=1S/C10H20N4O2S/c1-5-6-7-8-17(15,16)9-11-12-13-14(9)10(2,3)4/h5-8H2,1-4H3. The number of nitrogens with zero attached hydrogens (tertiary/aromatic N) is 4. The molecule has 0 aromatic carbocycles. The highest BCUT2D eigenvalue weighted by Crippen LogP contribution is 2.18. The fraction of sp³-hybridized carbons (Fsp3) is 0.900.